The number of carbonyl (C=O) groups is 2. The van der Waals surface area contributed by atoms with E-state index in [2.05, 4.69) is 4.98 Å². The van der Waals surface area contributed by atoms with Gasteiger partial charge in [-0.05, 0) is 6.07 Å². The van der Waals surface area contributed by atoms with Gasteiger partial charge in [-0.25, -0.2) is 14.6 Å². The minimum atomic E-state index is -1.36. The van der Waals surface area contributed by atoms with Gasteiger partial charge in [-0.1, -0.05) is 0 Å². The highest BCUT2D eigenvalue weighted by Crippen LogP contribution is 2.27. The summed E-state index contributed by atoms with van der Waals surface area (Å²) in [7, 11) is 5.21. The fourth-order valence-corrected chi connectivity index (χ4v) is 1.88. The Morgan fingerprint density at radius 3 is 1.41 bits per heavy atom. The van der Waals surface area contributed by atoms with Gasteiger partial charge in [0.25, 0.3) is 0 Å². The maximum Gasteiger partial charge on any atom is 0.337 e. The Morgan fingerprint density at radius 1 is 0.864 bits per heavy atom. The molecule has 1 aromatic rings. The van der Waals surface area contributed by atoms with Crippen molar-refractivity contribution in [3.63, 3.8) is 0 Å². The average molecular weight is 315 g/mol. The number of aromatic nitrogens is 1. The van der Waals surface area contributed by atoms with E-state index in [9.17, 15) is 19.8 Å². The van der Waals surface area contributed by atoms with Gasteiger partial charge in [0.15, 0.2) is 0 Å². The average Bonchev–Trinajstić information content (AvgIpc) is 2.49. The van der Waals surface area contributed by atoms with Gasteiger partial charge in [0.1, 0.15) is 11.4 Å². The molecule has 0 aliphatic carbocycles. The molecule has 0 saturated carbocycles. The van der Waals surface area contributed by atoms with E-state index >= 15 is 0 Å². The zero-order chi connectivity index (χ0) is 16.9. The molecule has 1 rings (SSSR count). The van der Waals surface area contributed by atoms with E-state index in [1.54, 1.807) is 0 Å². The zero-order valence-electron chi connectivity index (χ0n) is 12.5. The van der Waals surface area contributed by atoms with Crippen LogP contribution in [0.1, 0.15) is 44.7 Å². The normalized spacial score (nSPS) is 11.2. The van der Waals surface area contributed by atoms with Gasteiger partial charge in [-0.2, -0.15) is 0 Å². The van der Waals surface area contributed by atoms with E-state index in [0.29, 0.717) is 0 Å². The summed E-state index contributed by atoms with van der Waals surface area (Å²) in [5, 5.41) is 18.5. The zero-order valence-corrected chi connectivity index (χ0v) is 12.5. The van der Waals surface area contributed by atoms with Crippen molar-refractivity contribution in [2.24, 2.45) is 0 Å². The molecule has 0 radical (unpaired) electrons. The molecule has 0 amide bonds. The van der Waals surface area contributed by atoms with E-state index in [1.807, 2.05) is 0 Å². The van der Waals surface area contributed by atoms with Crippen molar-refractivity contribution in [1.29, 1.82) is 0 Å². The van der Waals surface area contributed by atoms with Crippen LogP contribution < -0.4 is 0 Å². The minimum Gasteiger partial charge on any atom is -0.478 e. The third-order valence-electron chi connectivity index (χ3n) is 2.85. The van der Waals surface area contributed by atoms with Crippen molar-refractivity contribution >= 4 is 11.9 Å². The van der Waals surface area contributed by atoms with Crippen LogP contribution in [0.2, 0.25) is 0 Å². The Balaban J connectivity index is 3.65. The monoisotopic (exact) mass is 315 g/mol. The van der Waals surface area contributed by atoms with Crippen molar-refractivity contribution in [2.45, 2.75) is 12.6 Å². The van der Waals surface area contributed by atoms with Gasteiger partial charge < -0.3 is 29.2 Å². The Hall–Kier alpha value is -2.07. The lowest BCUT2D eigenvalue weighted by Crippen LogP contribution is -2.20. The molecular weight excluding hydrogens is 298 g/mol. The molecule has 9 heteroatoms. The van der Waals surface area contributed by atoms with Crippen LogP contribution in [0.15, 0.2) is 6.07 Å². The third kappa shape index (κ3) is 3.57. The lowest BCUT2D eigenvalue weighted by molar-refractivity contribution is -0.116. The van der Waals surface area contributed by atoms with E-state index in [0.717, 1.165) is 6.07 Å². The van der Waals surface area contributed by atoms with Gasteiger partial charge in [0.2, 0.25) is 12.6 Å². The summed E-state index contributed by atoms with van der Waals surface area (Å²) in [5.41, 5.74) is -0.866. The number of aromatic carboxylic acids is 2. The van der Waals surface area contributed by atoms with Crippen LogP contribution in [0, 0.1) is 0 Å². The van der Waals surface area contributed by atoms with Crippen LogP contribution >= 0.6 is 0 Å². The number of carboxylic acid groups (broad SMARTS) is 2. The highest BCUT2D eigenvalue weighted by Gasteiger charge is 2.28. The SMILES string of the molecule is COC(OC)c1nc(C(OC)OC)c(C(=O)O)cc1C(=O)O. The molecule has 0 aromatic carbocycles. The highest BCUT2D eigenvalue weighted by atomic mass is 16.7. The number of carboxylic acids is 2. The number of hydrogen-bond donors (Lipinski definition) is 2. The Labute approximate surface area is 126 Å². The van der Waals surface area contributed by atoms with Crippen molar-refractivity contribution in [3.05, 3.63) is 28.6 Å². The first kappa shape index (κ1) is 18.0. The van der Waals surface area contributed by atoms with Crippen LogP contribution in [0.5, 0.6) is 0 Å². The summed E-state index contributed by atoms with van der Waals surface area (Å²) in [4.78, 5) is 26.7. The summed E-state index contributed by atoms with van der Waals surface area (Å²) in [6, 6.07) is 0.971. The summed E-state index contributed by atoms with van der Waals surface area (Å²) < 4.78 is 20.0. The molecule has 122 valence electrons. The van der Waals surface area contributed by atoms with E-state index in [1.165, 1.54) is 28.4 Å². The van der Waals surface area contributed by atoms with Crippen molar-refractivity contribution in [1.82, 2.24) is 4.98 Å². The quantitative estimate of drug-likeness (QED) is 0.677. The molecule has 2 N–H and O–H groups in total. The fraction of sp³-hybridized carbons (Fsp3) is 0.462. The molecule has 22 heavy (non-hydrogen) atoms. The lowest BCUT2D eigenvalue weighted by Gasteiger charge is -2.20. The van der Waals surface area contributed by atoms with Crippen LogP contribution in [0.25, 0.3) is 0 Å². The van der Waals surface area contributed by atoms with Gasteiger partial charge in [-0.3, -0.25) is 0 Å². The van der Waals surface area contributed by atoms with Crippen molar-refractivity contribution in [3.8, 4) is 0 Å². The van der Waals surface area contributed by atoms with Crippen LogP contribution in [0.4, 0.5) is 0 Å². The number of hydrogen-bond acceptors (Lipinski definition) is 7. The molecule has 0 atom stereocenters. The number of rotatable bonds is 8. The second-order valence-corrected chi connectivity index (χ2v) is 4.07. The van der Waals surface area contributed by atoms with E-state index < -0.39 is 24.5 Å². The molecule has 0 fully saturated rings. The van der Waals surface area contributed by atoms with Gasteiger partial charge >= 0.3 is 11.9 Å². The first-order chi connectivity index (χ1) is 10.4. The van der Waals surface area contributed by atoms with E-state index in [-0.39, 0.29) is 22.5 Å². The molecule has 0 unspecified atom stereocenters. The second kappa shape index (κ2) is 7.80. The molecule has 0 aliphatic rings. The van der Waals surface area contributed by atoms with Crippen molar-refractivity contribution < 1.29 is 38.7 Å². The number of methoxy groups -OCH3 is 4. The van der Waals surface area contributed by atoms with Gasteiger partial charge in [0, 0.05) is 28.4 Å². The first-order valence-corrected chi connectivity index (χ1v) is 6.03. The fourth-order valence-electron chi connectivity index (χ4n) is 1.88. The first-order valence-electron chi connectivity index (χ1n) is 6.03. The molecule has 1 aromatic heterocycles. The van der Waals surface area contributed by atoms with E-state index in [4.69, 9.17) is 18.9 Å². The molecule has 0 aliphatic heterocycles. The maximum absolute atomic E-state index is 11.3. The molecule has 0 saturated heterocycles. The topological polar surface area (TPSA) is 124 Å². The molecule has 0 spiro atoms. The second-order valence-electron chi connectivity index (χ2n) is 4.07. The van der Waals surface area contributed by atoms with Crippen LogP contribution in [-0.4, -0.2) is 55.6 Å². The summed E-state index contributed by atoms with van der Waals surface area (Å²) in [6.07, 6.45) is -2.16. The van der Waals surface area contributed by atoms with Crippen LogP contribution in [-0.2, 0) is 18.9 Å². The lowest BCUT2D eigenvalue weighted by atomic mass is 10.1. The largest absolute Gasteiger partial charge is 0.478 e. The van der Waals surface area contributed by atoms with Gasteiger partial charge in [0.05, 0.1) is 11.1 Å². The van der Waals surface area contributed by atoms with Gasteiger partial charge in [-0.15, -0.1) is 0 Å². The smallest absolute Gasteiger partial charge is 0.337 e. The van der Waals surface area contributed by atoms with Crippen molar-refractivity contribution in [2.75, 3.05) is 28.4 Å². The predicted octanol–water partition coefficient (Wildman–Crippen LogP) is 1.06. The predicted molar refractivity (Wildman–Crippen MR) is 71.7 cm³/mol. The maximum atomic E-state index is 11.3. The third-order valence-corrected chi connectivity index (χ3v) is 2.85. The summed E-state index contributed by atoms with van der Waals surface area (Å²) in [6.45, 7) is 0. The van der Waals surface area contributed by atoms with Crippen LogP contribution in [0.3, 0.4) is 0 Å². The molecule has 1 heterocycles. The minimum absolute atomic E-state index is 0.0865. The Kier molecular flexibility index (Phi) is 6.38. The number of ether oxygens (including phenoxy) is 4. The Bertz CT molecular complexity index is 506. The number of pyridine rings is 1. The number of nitrogens with zero attached hydrogens (tertiary/aromatic N) is 1. The molecule has 9 nitrogen and oxygen atoms in total. The summed E-state index contributed by atoms with van der Waals surface area (Å²) >= 11 is 0. The Morgan fingerprint density at radius 2 is 1.18 bits per heavy atom. The standard InChI is InChI=1S/C13H17NO8/c1-19-12(20-2)8-6(10(15)16)5-7(11(17)18)9(14-8)13(21-3)22-4/h5,12-13H,1-4H3,(H,15,16)(H,17,18). The molecule has 0 bridgehead atoms. The highest BCUT2D eigenvalue weighted by molar-refractivity contribution is 5.95. The molecular formula is C13H17NO8. The summed E-state index contributed by atoms with van der Waals surface area (Å²) in [5.74, 6) is -2.72.